The number of hydrogen-bond donors (Lipinski definition) is 0. The predicted octanol–water partition coefficient (Wildman–Crippen LogP) is 12.7. The summed E-state index contributed by atoms with van der Waals surface area (Å²) in [4.78, 5) is 15.1. The van der Waals surface area contributed by atoms with E-state index in [-0.39, 0.29) is 0 Å². The Morgan fingerprint density at radius 2 is 0.889 bits per heavy atom. The van der Waals surface area contributed by atoms with Gasteiger partial charge in [-0.15, -0.1) is 0 Å². The van der Waals surface area contributed by atoms with Crippen molar-refractivity contribution in [1.82, 2.24) is 19.5 Å². The van der Waals surface area contributed by atoms with Crippen LogP contribution in [0.1, 0.15) is 0 Å². The van der Waals surface area contributed by atoms with Gasteiger partial charge < -0.3 is 8.98 Å². The average molecular weight is 691 g/mol. The maximum atomic E-state index is 6.42. The lowest BCUT2D eigenvalue weighted by Gasteiger charge is -2.09. The first-order valence-corrected chi connectivity index (χ1v) is 18.1. The molecule has 0 unspecified atom stereocenters. The van der Waals surface area contributed by atoms with E-state index in [0.717, 1.165) is 49.9 Å². The van der Waals surface area contributed by atoms with Crippen LogP contribution in [0, 0.1) is 0 Å². The molecule has 3 heterocycles. The normalized spacial score (nSPS) is 11.7. The van der Waals surface area contributed by atoms with Crippen LogP contribution in [0.25, 0.3) is 105 Å². The summed E-state index contributed by atoms with van der Waals surface area (Å²) in [5, 5.41) is 7.02. The van der Waals surface area contributed by atoms with Gasteiger partial charge in [0.1, 0.15) is 11.2 Å². The van der Waals surface area contributed by atoms with Crippen molar-refractivity contribution in [2.45, 2.75) is 0 Å². The standard InChI is InChI=1S/C49H30N4O/c1-3-11-31(12-4-1)32-19-21-35(22-20-32)48-50-47(34-14-5-2-6-15-34)51-49(52-48)36-24-27-44-40(29-36)41-30-37(25-28-45(41)54-44)53-42-18-10-9-17-39(42)46-38-16-8-7-13-33(38)23-26-43(46)53/h1-30H. The summed E-state index contributed by atoms with van der Waals surface area (Å²) in [6, 6.07) is 63.3. The highest BCUT2D eigenvalue weighted by Crippen LogP contribution is 2.39. The van der Waals surface area contributed by atoms with Crippen LogP contribution in [0.4, 0.5) is 0 Å². The molecule has 0 aliphatic rings. The van der Waals surface area contributed by atoms with Crippen LogP contribution in [-0.2, 0) is 0 Å². The minimum absolute atomic E-state index is 0.604. The second kappa shape index (κ2) is 12.1. The zero-order valence-corrected chi connectivity index (χ0v) is 29.0. The second-order valence-corrected chi connectivity index (χ2v) is 13.6. The van der Waals surface area contributed by atoms with Crippen molar-refractivity contribution >= 4 is 54.5 Å². The fourth-order valence-electron chi connectivity index (χ4n) is 7.85. The fourth-order valence-corrected chi connectivity index (χ4v) is 7.85. The predicted molar refractivity (Wildman–Crippen MR) is 221 cm³/mol. The molecule has 0 fully saturated rings. The van der Waals surface area contributed by atoms with E-state index < -0.39 is 0 Å². The lowest BCUT2D eigenvalue weighted by atomic mass is 10.0. The molecule has 11 aromatic rings. The Kier molecular flexibility index (Phi) is 6.79. The summed E-state index contributed by atoms with van der Waals surface area (Å²) in [6.45, 7) is 0. The number of benzene rings is 8. The highest BCUT2D eigenvalue weighted by molar-refractivity contribution is 6.21. The van der Waals surface area contributed by atoms with Gasteiger partial charge in [0.25, 0.3) is 0 Å². The summed E-state index contributed by atoms with van der Waals surface area (Å²) >= 11 is 0. The third kappa shape index (κ3) is 4.90. The zero-order valence-electron chi connectivity index (χ0n) is 29.0. The number of para-hydroxylation sites is 1. The molecule has 0 N–H and O–H groups in total. The number of fused-ring (bicyclic) bond motifs is 8. The van der Waals surface area contributed by atoms with Crippen molar-refractivity contribution in [1.29, 1.82) is 0 Å². The highest BCUT2D eigenvalue weighted by atomic mass is 16.3. The average Bonchev–Trinajstić information content (AvgIpc) is 3.79. The van der Waals surface area contributed by atoms with Crippen LogP contribution >= 0.6 is 0 Å². The molecule has 0 amide bonds. The maximum absolute atomic E-state index is 6.42. The SMILES string of the molecule is c1ccc(-c2ccc(-c3nc(-c4ccccc4)nc(-c4ccc5oc6ccc(-n7c8ccccc8c8c9ccccc9ccc87)cc6c5c4)n3)cc2)cc1. The summed E-state index contributed by atoms with van der Waals surface area (Å²) < 4.78 is 8.79. The van der Waals surface area contributed by atoms with Crippen molar-refractivity contribution < 1.29 is 4.42 Å². The Morgan fingerprint density at radius 3 is 1.65 bits per heavy atom. The maximum Gasteiger partial charge on any atom is 0.164 e. The molecule has 0 radical (unpaired) electrons. The molecule has 3 aromatic heterocycles. The van der Waals surface area contributed by atoms with E-state index in [2.05, 4.69) is 138 Å². The van der Waals surface area contributed by atoms with E-state index in [0.29, 0.717) is 17.5 Å². The Morgan fingerprint density at radius 1 is 0.352 bits per heavy atom. The molecule has 54 heavy (non-hydrogen) atoms. The Labute approximate surface area is 310 Å². The summed E-state index contributed by atoms with van der Waals surface area (Å²) in [7, 11) is 0. The minimum Gasteiger partial charge on any atom is -0.456 e. The van der Waals surface area contributed by atoms with Crippen LogP contribution in [-0.4, -0.2) is 19.5 Å². The van der Waals surface area contributed by atoms with E-state index in [1.54, 1.807) is 0 Å². The van der Waals surface area contributed by atoms with Crippen LogP contribution in [0.5, 0.6) is 0 Å². The minimum atomic E-state index is 0.604. The van der Waals surface area contributed by atoms with E-state index in [4.69, 9.17) is 19.4 Å². The number of rotatable bonds is 5. The lowest BCUT2D eigenvalue weighted by molar-refractivity contribution is 0.669. The van der Waals surface area contributed by atoms with Gasteiger partial charge >= 0.3 is 0 Å². The molecule has 0 saturated carbocycles. The largest absolute Gasteiger partial charge is 0.456 e. The van der Waals surface area contributed by atoms with Gasteiger partial charge in [-0.3, -0.25) is 0 Å². The smallest absolute Gasteiger partial charge is 0.164 e. The van der Waals surface area contributed by atoms with Crippen molar-refractivity contribution in [2.24, 2.45) is 0 Å². The van der Waals surface area contributed by atoms with E-state index in [9.17, 15) is 0 Å². The van der Waals surface area contributed by atoms with Gasteiger partial charge in [0.05, 0.1) is 11.0 Å². The molecule has 252 valence electrons. The molecule has 0 aliphatic heterocycles. The Balaban J connectivity index is 1.07. The lowest BCUT2D eigenvalue weighted by Crippen LogP contribution is -2.00. The topological polar surface area (TPSA) is 56.7 Å². The van der Waals surface area contributed by atoms with Crippen molar-refractivity contribution in [3.8, 4) is 51.0 Å². The first kappa shape index (κ1) is 30.3. The van der Waals surface area contributed by atoms with Gasteiger partial charge in [-0.1, -0.05) is 133 Å². The van der Waals surface area contributed by atoms with Crippen molar-refractivity contribution in [3.63, 3.8) is 0 Å². The molecule has 0 bridgehead atoms. The van der Waals surface area contributed by atoms with Gasteiger partial charge in [-0.25, -0.2) is 15.0 Å². The van der Waals surface area contributed by atoms with Crippen LogP contribution < -0.4 is 0 Å². The number of furan rings is 1. The molecule has 0 spiro atoms. The highest BCUT2D eigenvalue weighted by Gasteiger charge is 2.18. The first-order valence-electron chi connectivity index (χ1n) is 18.1. The number of hydrogen-bond acceptors (Lipinski definition) is 4. The fraction of sp³-hybridized carbons (Fsp3) is 0. The van der Waals surface area contributed by atoms with Gasteiger partial charge in [-0.2, -0.15) is 0 Å². The number of nitrogens with zero attached hydrogens (tertiary/aromatic N) is 4. The molecule has 0 aliphatic carbocycles. The first-order chi connectivity index (χ1) is 26.7. The summed E-state index contributed by atoms with van der Waals surface area (Å²) in [6.07, 6.45) is 0. The molecule has 8 aromatic carbocycles. The van der Waals surface area contributed by atoms with E-state index >= 15 is 0 Å². The Bertz CT molecular complexity index is 3200. The van der Waals surface area contributed by atoms with Crippen molar-refractivity contribution in [2.75, 3.05) is 0 Å². The molecular weight excluding hydrogens is 661 g/mol. The molecular formula is C49H30N4O. The quantitative estimate of drug-likeness (QED) is 0.180. The van der Waals surface area contributed by atoms with Gasteiger partial charge in [-0.05, 0) is 70.4 Å². The van der Waals surface area contributed by atoms with Gasteiger partial charge in [0, 0.05) is 43.9 Å². The summed E-state index contributed by atoms with van der Waals surface area (Å²) in [5.74, 6) is 1.85. The molecule has 11 rings (SSSR count). The zero-order chi connectivity index (χ0) is 35.6. The van der Waals surface area contributed by atoms with Crippen LogP contribution in [0.15, 0.2) is 186 Å². The number of aromatic nitrogens is 4. The molecule has 0 atom stereocenters. The van der Waals surface area contributed by atoms with Crippen LogP contribution in [0.2, 0.25) is 0 Å². The van der Waals surface area contributed by atoms with E-state index in [1.165, 1.54) is 38.1 Å². The molecule has 5 nitrogen and oxygen atoms in total. The van der Waals surface area contributed by atoms with E-state index in [1.807, 2.05) is 48.5 Å². The van der Waals surface area contributed by atoms with Crippen molar-refractivity contribution in [3.05, 3.63) is 182 Å². The molecule has 0 saturated heterocycles. The van der Waals surface area contributed by atoms with Crippen LogP contribution in [0.3, 0.4) is 0 Å². The Hall–Kier alpha value is -7.37. The molecule has 5 heteroatoms. The van der Waals surface area contributed by atoms with Gasteiger partial charge in [0.2, 0.25) is 0 Å². The van der Waals surface area contributed by atoms with Gasteiger partial charge in [0.15, 0.2) is 17.5 Å². The second-order valence-electron chi connectivity index (χ2n) is 13.6. The summed E-state index contributed by atoms with van der Waals surface area (Å²) in [5.41, 5.74) is 10.1. The monoisotopic (exact) mass is 690 g/mol. The third-order valence-corrected chi connectivity index (χ3v) is 10.4. The third-order valence-electron chi connectivity index (χ3n) is 10.4.